The first-order valence-corrected chi connectivity index (χ1v) is 7.63. The number of nitrogens with one attached hydrogen (secondary N) is 2. The van der Waals surface area contributed by atoms with Crippen molar-refractivity contribution in [3.05, 3.63) is 12.4 Å². The summed E-state index contributed by atoms with van der Waals surface area (Å²) in [7, 11) is 2.17. The van der Waals surface area contributed by atoms with Crippen LogP contribution in [0.25, 0.3) is 0 Å². The minimum absolute atomic E-state index is 0.622. The Morgan fingerprint density at radius 1 is 1.10 bits per heavy atom. The van der Waals surface area contributed by atoms with Crippen molar-refractivity contribution in [2.45, 2.75) is 46.1 Å². The summed E-state index contributed by atoms with van der Waals surface area (Å²) in [6.07, 6.45) is 5.05. The van der Waals surface area contributed by atoms with Gasteiger partial charge in [0.1, 0.15) is 18.0 Å². The van der Waals surface area contributed by atoms with Crippen LogP contribution in [0, 0.1) is 0 Å². The van der Waals surface area contributed by atoms with Crippen LogP contribution in [-0.4, -0.2) is 47.6 Å². The Morgan fingerprint density at radius 2 is 1.75 bits per heavy atom. The Kier molecular flexibility index (Phi) is 7.95. The molecule has 1 aromatic heterocycles. The van der Waals surface area contributed by atoms with Crippen LogP contribution < -0.4 is 10.6 Å². The van der Waals surface area contributed by atoms with E-state index in [1.807, 2.05) is 6.07 Å². The molecule has 0 amide bonds. The lowest BCUT2D eigenvalue weighted by Gasteiger charge is -2.20. The van der Waals surface area contributed by atoms with Crippen molar-refractivity contribution in [2.75, 3.05) is 37.3 Å². The highest BCUT2D eigenvalue weighted by molar-refractivity contribution is 5.46. The Labute approximate surface area is 123 Å². The van der Waals surface area contributed by atoms with E-state index in [-0.39, 0.29) is 0 Å². The Bertz CT molecular complexity index is 367. The molecule has 0 spiro atoms. The van der Waals surface area contributed by atoms with Crippen LogP contribution in [0.15, 0.2) is 12.4 Å². The van der Waals surface area contributed by atoms with E-state index in [0.717, 1.165) is 44.1 Å². The van der Waals surface area contributed by atoms with Crippen molar-refractivity contribution in [2.24, 2.45) is 0 Å². The molecule has 114 valence electrons. The number of nitrogens with zero attached hydrogens (tertiary/aromatic N) is 3. The van der Waals surface area contributed by atoms with Crippen LogP contribution in [0.5, 0.6) is 0 Å². The van der Waals surface area contributed by atoms with Gasteiger partial charge in [0.05, 0.1) is 0 Å². The fourth-order valence-electron chi connectivity index (χ4n) is 1.76. The van der Waals surface area contributed by atoms with Crippen LogP contribution in [0.4, 0.5) is 11.6 Å². The quantitative estimate of drug-likeness (QED) is 0.645. The van der Waals surface area contributed by atoms with E-state index in [2.05, 4.69) is 53.3 Å². The van der Waals surface area contributed by atoms with E-state index in [0.29, 0.717) is 6.04 Å². The number of unbranched alkanes of at least 4 members (excludes halogenated alkanes) is 1. The summed E-state index contributed by atoms with van der Waals surface area (Å²) < 4.78 is 0. The number of hydrogen-bond donors (Lipinski definition) is 2. The molecule has 1 aromatic rings. The monoisotopic (exact) mass is 279 g/mol. The normalized spacial score (nSPS) is 11.1. The average Bonchev–Trinajstić information content (AvgIpc) is 2.45. The summed E-state index contributed by atoms with van der Waals surface area (Å²) in [5, 5.41) is 6.62. The SMILES string of the molecule is CCCNc1cc(NCCCCN(C)C(C)C)ncn1. The molecule has 5 heteroatoms. The predicted octanol–water partition coefficient (Wildman–Crippen LogP) is 2.83. The molecule has 0 unspecified atom stereocenters. The predicted molar refractivity (Wildman–Crippen MR) is 86.3 cm³/mol. The molecule has 2 N–H and O–H groups in total. The highest BCUT2D eigenvalue weighted by Gasteiger charge is 2.02. The zero-order valence-electron chi connectivity index (χ0n) is 13.3. The molecular formula is C15H29N5. The lowest BCUT2D eigenvalue weighted by atomic mass is 10.2. The van der Waals surface area contributed by atoms with Gasteiger partial charge >= 0.3 is 0 Å². The van der Waals surface area contributed by atoms with Gasteiger partial charge in [0.15, 0.2) is 0 Å². The van der Waals surface area contributed by atoms with E-state index < -0.39 is 0 Å². The topological polar surface area (TPSA) is 53.1 Å². The van der Waals surface area contributed by atoms with Gasteiger partial charge in [0, 0.05) is 25.2 Å². The third-order valence-corrected chi connectivity index (χ3v) is 3.35. The Hall–Kier alpha value is -1.36. The lowest BCUT2D eigenvalue weighted by molar-refractivity contribution is 0.269. The van der Waals surface area contributed by atoms with E-state index >= 15 is 0 Å². The van der Waals surface area contributed by atoms with E-state index in [9.17, 15) is 0 Å². The number of anilines is 2. The summed E-state index contributed by atoms with van der Waals surface area (Å²) in [6, 6.07) is 2.59. The van der Waals surface area contributed by atoms with Gasteiger partial charge < -0.3 is 15.5 Å². The summed E-state index contributed by atoms with van der Waals surface area (Å²) in [5.74, 6) is 1.79. The molecule has 1 heterocycles. The molecule has 0 aromatic carbocycles. The lowest BCUT2D eigenvalue weighted by Crippen LogP contribution is -2.27. The van der Waals surface area contributed by atoms with E-state index in [1.54, 1.807) is 6.33 Å². The Balaban J connectivity index is 2.21. The van der Waals surface area contributed by atoms with Gasteiger partial charge in [-0.3, -0.25) is 0 Å². The van der Waals surface area contributed by atoms with Gasteiger partial charge in [-0.15, -0.1) is 0 Å². The van der Waals surface area contributed by atoms with Gasteiger partial charge in [-0.25, -0.2) is 9.97 Å². The minimum Gasteiger partial charge on any atom is -0.370 e. The third kappa shape index (κ3) is 6.70. The highest BCUT2D eigenvalue weighted by Crippen LogP contribution is 2.08. The molecule has 0 radical (unpaired) electrons. The fraction of sp³-hybridized carbons (Fsp3) is 0.733. The maximum atomic E-state index is 4.24. The molecule has 20 heavy (non-hydrogen) atoms. The van der Waals surface area contributed by atoms with Crippen molar-refractivity contribution in [3.63, 3.8) is 0 Å². The third-order valence-electron chi connectivity index (χ3n) is 3.35. The second kappa shape index (κ2) is 9.53. The van der Waals surface area contributed by atoms with Gasteiger partial charge in [-0.1, -0.05) is 6.92 Å². The number of aromatic nitrogens is 2. The van der Waals surface area contributed by atoms with Gasteiger partial charge in [0.25, 0.3) is 0 Å². The molecule has 0 saturated carbocycles. The maximum absolute atomic E-state index is 4.24. The first kappa shape index (κ1) is 16.7. The molecule has 5 nitrogen and oxygen atoms in total. The molecular weight excluding hydrogens is 250 g/mol. The van der Waals surface area contributed by atoms with Crippen LogP contribution in [0.3, 0.4) is 0 Å². The van der Waals surface area contributed by atoms with Crippen molar-refractivity contribution in [1.82, 2.24) is 14.9 Å². The molecule has 0 aliphatic carbocycles. The largest absolute Gasteiger partial charge is 0.370 e. The summed E-state index contributed by atoms with van der Waals surface area (Å²) in [6.45, 7) is 9.63. The highest BCUT2D eigenvalue weighted by atomic mass is 15.1. The number of hydrogen-bond acceptors (Lipinski definition) is 5. The second-order valence-electron chi connectivity index (χ2n) is 5.42. The molecule has 0 aliphatic rings. The molecule has 0 saturated heterocycles. The zero-order chi connectivity index (χ0) is 14.8. The minimum atomic E-state index is 0.622. The van der Waals surface area contributed by atoms with E-state index in [4.69, 9.17) is 0 Å². The smallest absolute Gasteiger partial charge is 0.131 e. The van der Waals surface area contributed by atoms with Crippen molar-refractivity contribution < 1.29 is 0 Å². The molecule has 0 bridgehead atoms. The van der Waals surface area contributed by atoms with Crippen LogP contribution in [0.1, 0.15) is 40.0 Å². The van der Waals surface area contributed by atoms with Gasteiger partial charge in [-0.2, -0.15) is 0 Å². The van der Waals surface area contributed by atoms with Gasteiger partial charge in [0.2, 0.25) is 0 Å². The van der Waals surface area contributed by atoms with E-state index in [1.165, 1.54) is 6.42 Å². The summed E-state index contributed by atoms with van der Waals surface area (Å²) in [5.41, 5.74) is 0. The Morgan fingerprint density at radius 3 is 2.35 bits per heavy atom. The molecule has 1 rings (SSSR count). The summed E-state index contributed by atoms with van der Waals surface area (Å²) >= 11 is 0. The average molecular weight is 279 g/mol. The van der Waals surface area contributed by atoms with Crippen LogP contribution >= 0.6 is 0 Å². The van der Waals surface area contributed by atoms with Crippen LogP contribution in [-0.2, 0) is 0 Å². The maximum Gasteiger partial charge on any atom is 0.131 e. The fourth-order valence-corrected chi connectivity index (χ4v) is 1.76. The van der Waals surface area contributed by atoms with Crippen molar-refractivity contribution in [3.8, 4) is 0 Å². The van der Waals surface area contributed by atoms with Crippen molar-refractivity contribution in [1.29, 1.82) is 0 Å². The molecule has 0 atom stereocenters. The van der Waals surface area contributed by atoms with Crippen molar-refractivity contribution >= 4 is 11.6 Å². The first-order chi connectivity index (χ1) is 9.63. The molecule has 0 aliphatic heterocycles. The second-order valence-corrected chi connectivity index (χ2v) is 5.42. The molecule has 0 fully saturated rings. The summed E-state index contributed by atoms with van der Waals surface area (Å²) in [4.78, 5) is 10.8. The first-order valence-electron chi connectivity index (χ1n) is 7.63. The number of rotatable bonds is 10. The van der Waals surface area contributed by atoms with Crippen LogP contribution in [0.2, 0.25) is 0 Å². The standard InChI is InChI=1S/C15H29N5/c1-5-8-16-14-11-15(19-12-18-14)17-9-6-7-10-20(4)13(2)3/h11-13H,5-10H2,1-4H3,(H2,16,17,18,19). The zero-order valence-corrected chi connectivity index (χ0v) is 13.3. The van der Waals surface area contributed by atoms with Gasteiger partial charge in [-0.05, 0) is 46.7 Å².